The molecule has 5 saturated heterocycles. The average Bonchev–Trinajstić information content (AvgIpc) is 1.71. The van der Waals surface area contributed by atoms with Crippen LogP contribution >= 0.6 is 58.0 Å². The molecule has 1 unspecified atom stereocenters. The fraction of sp³-hybridized carbons (Fsp3) is 0.394. The predicted octanol–water partition coefficient (Wildman–Crippen LogP) is 16.6. The zero-order valence-electron chi connectivity index (χ0n) is 54.5. The molecular formula is C66H69Cl5N10O15Si. The Kier molecular flexibility index (Phi) is 26.8. The topological polar surface area (TPSA) is 249 Å². The Balaban J connectivity index is 0.000000192. The molecular weight excluding hydrogens is 1380 g/mol. The number of aliphatic hydroxyl groups excluding tert-OH is 3. The minimum absolute atomic E-state index is 0.164. The van der Waals surface area contributed by atoms with Gasteiger partial charge in [0.1, 0.15) is 54.7 Å². The van der Waals surface area contributed by atoms with Crippen LogP contribution in [0.5, 0.6) is 0 Å². The van der Waals surface area contributed by atoms with E-state index in [1.165, 1.54) is 51.0 Å². The quantitative estimate of drug-likeness (QED) is 0.0597. The van der Waals surface area contributed by atoms with E-state index < -0.39 is 87.6 Å². The van der Waals surface area contributed by atoms with Crippen LogP contribution in [0.2, 0.25) is 44.8 Å². The van der Waals surface area contributed by atoms with Gasteiger partial charge < -0.3 is 48.2 Å². The molecule has 5 aliphatic rings. The lowest BCUT2D eigenvalue weighted by Gasteiger charge is -2.33. The van der Waals surface area contributed by atoms with E-state index >= 15 is 0 Å². The highest BCUT2D eigenvalue weighted by Gasteiger charge is 2.47. The molecule has 5 aromatic carbocycles. The summed E-state index contributed by atoms with van der Waals surface area (Å²) in [6.07, 6.45) is -6.45. The van der Waals surface area contributed by atoms with E-state index in [-0.39, 0.29) is 52.1 Å². The van der Waals surface area contributed by atoms with Crippen LogP contribution in [0.3, 0.4) is 0 Å². The van der Waals surface area contributed by atoms with Crippen LogP contribution < -0.4 is 24.5 Å². The molecule has 0 saturated carbocycles. The van der Waals surface area contributed by atoms with Crippen molar-refractivity contribution in [2.24, 2.45) is 0 Å². The number of ether oxygens (including phenoxy) is 6. The van der Waals surface area contributed by atoms with E-state index in [2.05, 4.69) is 43.9 Å². The van der Waals surface area contributed by atoms with Crippen molar-refractivity contribution in [2.75, 3.05) is 38.2 Å². The number of cyclic esters (lactones) is 5. The summed E-state index contributed by atoms with van der Waals surface area (Å²) < 4.78 is 37.2. The number of nitrogens with zero attached hydrogens (tertiary/aromatic N) is 10. The average molecular weight is 1450 g/mol. The number of methoxy groups -OCH3 is 1. The number of halogens is 5. The molecule has 5 aromatic rings. The Labute approximate surface area is 588 Å². The standard InChI is InChI=1S/C16H21ClN2O3Si.2C13H13ClN2O3.2C12H11ClN2O3/c1-10-15(11(2)22-23(4,5)6)19(16(20)21-10)12-7-8-14(18-3)13(17)9-12;2*1-7(17)12-8(2)19-13(18)16(12)9-4-5-11(15-3)10(14)6-9;1-7-11(17-3)15(12(16)18-7)8-4-5-10(14-2)9(13)6-8;1-7-11(6-16)15(12(17)18-7)8-3-4-10(14-2)9(13)5-8/h7-11,15H,1-2,4-6H3;2*4-8,12,17H,1-2H3;4-7,11H,1,3H3;3-5,7,11,16H,6H2,1H3/t10-,11?,15+;7-,8+,12+;7-,8-,12-;2*7-,11-/m01000/s1. The molecule has 13 atom stereocenters. The second-order valence-electron chi connectivity index (χ2n) is 23.3. The van der Waals surface area contributed by atoms with Gasteiger partial charge >= 0.3 is 30.5 Å². The van der Waals surface area contributed by atoms with E-state index in [0.717, 1.165) is 0 Å². The molecule has 0 radical (unpaired) electrons. The largest absolute Gasteiger partial charge is 0.444 e. The van der Waals surface area contributed by atoms with E-state index in [4.69, 9.17) is 124 Å². The second kappa shape index (κ2) is 33.6. The molecule has 31 heteroatoms. The first-order valence-corrected chi connectivity index (χ1v) is 35.0. The van der Waals surface area contributed by atoms with Crippen LogP contribution in [0, 0.1) is 32.9 Å². The molecule has 5 aliphatic heterocycles. The Morgan fingerprint density at radius 2 is 0.701 bits per heavy atom. The number of benzene rings is 5. The van der Waals surface area contributed by atoms with Crippen molar-refractivity contribution in [2.45, 2.75) is 154 Å². The number of aliphatic hydroxyl groups is 3. The van der Waals surface area contributed by atoms with Gasteiger partial charge in [-0.15, -0.1) is 0 Å². The minimum atomic E-state index is -1.75. The van der Waals surface area contributed by atoms with Crippen LogP contribution in [0.15, 0.2) is 91.0 Å². The zero-order valence-corrected chi connectivity index (χ0v) is 59.3. The normalized spacial score (nSPS) is 23.2. The molecule has 0 spiro atoms. The summed E-state index contributed by atoms with van der Waals surface area (Å²) in [5, 5.41) is 30.3. The van der Waals surface area contributed by atoms with Gasteiger partial charge in [-0.2, -0.15) is 0 Å². The van der Waals surface area contributed by atoms with Gasteiger partial charge in [0.2, 0.25) is 28.4 Å². The summed E-state index contributed by atoms with van der Waals surface area (Å²) in [6, 6.07) is 22.2. The number of carbonyl (C=O) groups excluding carboxylic acids is 5. The van der Waals surface area contributed by atoms with Crippen molar-refractivity contribution in [3.05, 3.63) is 173 Å². The zero-order chi connectivity index (χ0) is 72.2. The van der Waals surface area contributed by atoms with Crippen molar-refractivity contribution in [3.63, 3.8) is 0 Å². The summed E-state index contributed by atoms with van der Waals surface area (Å²) in [6.45, 7) is 54.8. The third-order valence-corrected chi connectivity index (χ3v) is 18.0. The van der Waals surface area contributed by atoms with Gasteiger partial charge in [0.15, 0.2) is 14.5 Å². The molecule has 5 heterocycles. The summed E-state index contributed by atoms with van der Waals surface area (Å²) >= 11 is 29.9. The maximum atomic E-state index is 12.3. The van der Waals surface area contributed by atoms with Gasteiger partial charge in [-0.3, -0.25) is 19.6 Å². The summed E-state index contributed by atoms with van der Waals surface area (Å²) in [4.78, 5) is 82.9. The Bertz CT molecular complexity index is 3790. The number of hydrogen-bond acceptors (Lipinski definition) is 15. The molecule has 10 rings (SSSR count). The summed E-state index contributed by atoms with van der Waals surface area (Å²) in [7, 11) is -0.250. The van der Waals surface area contributed by atoms with Gasteiger partial charge in [0.05, 0.1) is 57.8 Å². The smallest absolute Gasteiger partial charge is 0.416 e. The first-order chi connectivity index (χ1) is 45.7. The van der Waals surface area contributed by atoms with Crippen LogP contribution in [0.1, 0.15) is 55.4 Å². The van der Waals surface area contributed by atoms with E-state index in [1.807, 2.05) is 13.8 Å². The van der Waals surface area contributed by atoms with Crippen LogP contribution in [-0.2, 0) is 32.8 Å². The highest BCUT2D eigenvalue weighted by atomic mass is 35.5. The molecule has 5 fully saturated rings. The highest BCUT2D eigenvalue weighted by Crippen LogP contribution is 2.40. The van der Waals surface area contributed by atoms with E-state index in [9.17, 15) is 39.3 Å². The van der Waals surface area contributed by atoms with Crippen molar-refractivity contribution >= 4 is 154 Å². The fourth-order valence-electron chi connectivity index (χ4n) is 11.1. The lowest BCUT2D eigenvalue weighted by Crippen LogP contribution is -2.48. The maximum Gasteiger partial charge on any atom is 0.416 e. The number of carbonyl (C=O) groups is 5. The SMILES string of the molecule is [C-]#[N+]c1ccc(N2C(=O)O[C@@H](C)[C@@H]2C(C)O[Si](C)(C)C)cc1Cl.[C-]#[N+]c1ccc(N2C(=O)O[C@@H](C)[C@@H]2CO)cc1Cl.[C-]#[N+]c1ccc(N2C(=O)O[C@@H](C)[C@@H]2OC)cc1Cl.[C-]#[N+]c1ccc(N2C(=O)O[C@@H](C)[C@@H]2[C@@H](C)O)cc1Cl.[C-]#[N+]c1ccc(N2C(=O)O[C@@H](C)[C@@H]2[C@H](C)O)cc1Cl. The Morgan fingerprint density at radius 3 is 0.979 bits per heavy atom. The molecule has 0 aromatic heterocycles. The monoisotopic (exact) mass is 1440 g/mol. The van der Waals surface area contributed by atoms with Crippen molar-refractivity contribution in [1.29, 1.82) is 0 Å². The minimum Gasteiger partial charge on any atom is -0.444 e. The maximum absolute atomic E-state index is 12.3. The van der Waals surface area contributed by atoms with Crippen LogP contribution in [0.25, 0.3) is 24.2 Å². The van der Waals surface area contributed by atoms with Crippen molar-refractivity contribution < 1.29 is 72.1 Å². The number of hydrogen-bond donors (Lipinski definition) is 3. The molecule has 0 aliphatic carbocycles. The predicted molar refractivity (Wildman–Crippen MR) is 371 cm³/mol. The highest BCUT2D eigenvalue weighted by molar-refractivity contribution is 6.69. The molecule has 0 bridgehead atoms. The number of rotatable bonds is 12. The van der Waals surface area contributed by atoms with Crippen LogP contribution in [0.4, 0.5) is 80.8 Å². The lowest BCUT2D eigenvalue weighted by molar-refractivity contribution is 0.0392. The lowest BCUT2D eigenvalue weighted by atomic mass is 10.1. The molecule has 512 valence electrons. The number of anilines is 5. The van der Waals surface area contributed by atoms with Gasteiger partial charge in [0, 0.05) is 60.7 Å². The second-order valence-corrected chi connectivity index (χ2v) is 29.8. The third-order valence-electron chi connectivity index (χ3n) is 15.4. The first kappa shape index (κ1) is 77.4. The van der Waals surface area contributed by atoms with Crippen molar-refractivity contribution in [1.82, 2.24) is 0 Å². The third kappa shape index (κ3) is 18.1. The first-order valence-electron chi connectivity index (χ1n) is 29.7. The van der Waals surface area contributed by atoms with E-state index in [1.54, 1.807) is 113 Å². The molecule has 5 amide bonds. The fourth-order valence-corrected chi connectivity index (χ4v) is 13.4. The van der Waals surface area contributed by atoms with E-state index in [0.29, 0.717) is 66.9 Å². The van der Waals surface area contributed by atoms with Gasteiger partial charge in [0.25, 0.3) is 0 Å². The van der Waals surface area contributed by atoms with Gasteiger partial charge in [-0.1, -0.05) is 88.3 Å². The summed E-state index contributed by atoms with van der Waals surface area (Å²) in [5.74, 6) is 0. The van der Waals surface area contributed by atoms with Gasteiger partial charge in [-0.05, 0) is 136 Å². The van der Waals surface area contributed by atoms with Gasteiger partial charge in [-0.25, -0.2) is 53.1 Å². The Hall–Kier alpha value is -8.63. The van der Waals surface area contributed by atoms with Crippen molar-refractivity contribution in [3.8, 4) is 0 Å². The molecule has 25 nitrogen and oxygen atoms in total. The summed E-state index contributed by atoms with van der Waals surface area (Å²) in [5.41, 5.74) is 4.37. The number of amides is 5. The molecule has 3 N–H and O–H groups in total. The Morgan fingerprint density at radius 1 is 0.443 bits per heavy atom. The molecule has 97 heavy (non-hydrogen) atoms. The van der Waals surface area contributed by atoms with Crippen LogP contribution in [-0.4, -0.2) is 147 Å².